The summed E-state index contributed by atoms with van der Waals surface area (Å²) in [4.78, 5) is 20.2. The number of aliphatic imine (C=N–C) groups is 1. The van der Waals surface area contributed by atoms with Crippen LogP contribution in [0.2, 0.25) is 0 Å². The molecule has 3 nitrogen and oxygen atoms in total. The van der Waals surface area contributed by atoms with Gasteiger partial charge in [-0.15, -0.1) is 0 Å². The van der Waals surface area contributed by atoms with Crippen LogP contribution in [0.1, 0.15) is 51.3 Å². The normalized spacial score (nSPS) is 18.0. The van der Waals surface area contributed by atoms with E-state index in [1.165, 1.54) is 22.9 Å². The average molecular weight is 393 g/mol. The molecule has 1 amide bonds. The molecule has 2 aromatic rings. The SMILES string of the molecule is Cc1ccc(N=C2S/C(=C/c3ccc(C(C)(C)C)cc3)C(=O)N2C(C)C)cc1. The van der Waals surface area contributed by atoms with Crippen molar-refractivity contribution < 1.29 is 4.79 Å². The Balaban J connectivity index is 1.91. The van der Waals surface area contributed by atoms with Gasteiger partial charge in [0.1, 0.15) is 0 Å². The first-order chi connectivity index (χ1) is 13.1. The molecule has 0 unspecified atom stereocenters. The molecule has 0 bridgehead atoms. The highest BCUT2D eigenvalue weighted by atomic mass is 32.2. The van der Waals surface area contributed by atoms with Gasteiger partial charge in [-0.3, -0.25) is 9.69 Å². The molecule has 3 rings (SSSR count). The molecule has 146 valence electrons. The molecule has 0 saturated carbocycles. The number of thioether (sulfide) groups is 1. The molecule has 0 aliphatic carbocycles. The fraction of sp³-hybridized carbons (Fsp3) is 0.333. The first-order valence-electron chi connectivity index (χ1n) is 9.64. The summed E-state index contributed by atoms with van der Waals surface area (Å²) in [6.07, 6.45) is 1.96. The first kappa shape index (κ1) is 20.4. The van der Waals surface area contributed by atoms with E-state index >= 15 is 0 Å². The van der Waals surface area contributed by atoms with E-state index in [1.54, 1.807) is 4.90 Å². The molecule has 0 atom stereocenters. The number of hydrogen-bond donors (Lipinski definition) is 0. The summed E-state index contributed by atoms with van der Waals surface area (Å²) in [6.45, 7) is 12.7. The number of amides is 1. The number of rotatable bonds is 3. The van der Waals surface area contributed by atoms with Crippen molar-refractivity contribution in [1.82, 2.24) is 4.90 Å². The summed E-state index contributed by atoms with van der Waals surface area (Å²) in [5.41, 5.74) is 4.49. The topological polar surface area (TPSA) is 32.7 Å². The number of nitrogens with zero attached hydrogens (tertiary/aromatic N) is 2. The van der Waals surface area contributed by atoms with E-state index in [4.69, 9.17) is 4.99 Å². The second-order valence-electron chi connectivity index (χ2n) is 8.48. The number of aryl methyl sites for hydroxylation is 1. The van der Waals surface area contributed by atoms with E-state index in [1.807, 2.05) is 44.2 Å². The second-order valence-corrected chi connectivity index (χ2v) is 9.49. The summed E-state index contributed by atoms with van der Waals surface area (Å²) in [5.74, 6) is 0.0192. The van der Waals surface area contributed by atoms with Gasteiger partial charge >= 0.3 is 0 Å². The Bertz CT molecular complexity index is 917. The molecule has 1 saturated heterocycles. The quantitative estimate of drug-likeness (QED) is 0.574. The van der Waals surface area contributed by atoms with Crippen molar-refractivity contribution in [2.24, 2.45) is 4.99 Å². The van der Waals surface area contributed by atoms with Crippen LogP contribution in [0, 0.1) is 6.92 Å². The highest BCUT2D eigenvalue weighted by Crippen LogP contribution is 2.35. The Hall–Kier alpha value is -2.33. The fourth-order valence-electron chi connectivity index (χ4n) is 2.98. The maximum atomic E-state index is 13.0. The third-order valence-corrected chi connectivity index (χ3v) is 5.67. The monoisotopic (exact) mass is 392 g/mol. The standard InChI is InChI=1S/C24H28N2OS/c1-16(2)26-22(27)21(15-18-9-11-19(12-10-18)24(4,5)6)28-23(26)25-20-13-7-17(3)8-14-20/h7-16H,1-6H3/b21-15+,25-23?. The Morgan fingerprint density at radius 1 is 1.00 bits per heavy atom. The van der Waals surface area contributed by atoms with Gasteiger partial charge in [-0.2, -0.15) is 0 Å². The van der Waals surface area contributed by atoms with Crippen molar-refractivity contribution in [3.8, 4) is 0 Å². The van der Waals surface area contributed by atoms with Crippen molar-refractivity contribution >= 4 is 34.6 Å². The van der Waals surface area contributed by atoms with E-state index in [0.717, 1.165) is 16.4 Å². The van der Waals surface area contributed by atoms with Crippen molar-refractivity contribution in [2.45, 2.75) is 53.0 Å². The van der Waals surface area contributed by atoms with Gasteiger partial charge in [-0.1, -0.05) is 62.7 Å². The van der Waals surface area contributed by atoms with Gasteiger partial charge in [-0.05, 0) is 67.3 Å². The van der Waals surface area contributed by atoms with E-state index < -0.39 is 0 Å². The van der Waals surface area contributed by atoms with Gasteiger partial charge in [0.15, 0.2) is 5.17 Å². The molecule has 1 aliphatic heterocycles. The van der Waals surface area contributed by atoms with Gasteiger partial charge < -0.3 is 0 Å². The lowest BCUT2D eigenvalue weighted by Crippen LogP contribution is -2.35. The zero-order chi connectivity index (χ0) is 20.5. The molecule has 1 aliphatic rings. The van der Waals surface area contributed by atoms with E-state index in [-0.39, 0.29) is 17.4 Å². The van der Waals surface area contributed by atoms with E-state index in [2.05, 4.69) is 52.0 Å². The minimum atomic E-state index is 0.0192. The number of benzene rings is 2. The molecular formula is C24H28N2OS. The Morgan fingerprint density at radius 3 is 2.14 bits per heavy atom. The van der Waals surface area contributed by atoms with Crippen molar-refractivity contribution in [2.75, 3.05) is 0 Å². The van der Waals surface area contributed by atoms with Crippen molar-refractivity contribution in [1.29, 1.82) is 0 Å². The minimum Gasteiger partial charge on any atom is -0.284 e. The van der Waals surface area contributed by atoms with Gasteiger partial charge in [0.2, 0.25) is 0 Å². The lowest BCUT2D eigenvalue weighted by atomic mass is 9.87. The van der Waals surface area contributed by atoms with Crippen LogP contribution in [0.4, 0.5) is 5.69 Å². The lowest BCUT2D eigenvalue weighted by Gasteiger charge is -2.19. The summed E-state index contributed by atoms with van der Waals surface area (Å²) < 4.78 is 0. The average Bonchev–Trinajstić information content (AvgIpc) is 2.92. The smallest absolute Gasteiger partial charge is 0.266 e. The van der Waals surface area contributed by atoms with Gasteiger partial charge in [-0.25, -0.2) is 4.99 Å². The Kier molecular flexibility index (Phi) is 5.80. The third kappa shape index (κ3) is 4.56. The van der Waals surface area contributed by atoms with Gasteiger partial charge in [0.05, 0.1) is 10.6 Å². The van der Waals surface area contributed by atoms with Crippen LogP contribution in [0.5, 0.6) is 0 Å². The molecule has 2 aromatic carbocycles. The van der Waals surface area contributed by atoms with E-state index in [9.17, 15) is 4.79 Å². The zero-order valence-corrected chi connectivity index (χ0v) is 18.3. The van der Waals surface area contributed by atoms with Crippen LogP contribution in [0.25, 0.3) is 6.08 Å². The largest absolute Gasteiger partial charge is 0.284 e. The molecule has 28 heavy (non-hydrogen) atoms. The highest BCUT2D eigenvalue weighted by molar-refractivity contribution is 8.18. The summed E-state index contributed by atoms with van der Waals surface area (Å²) in [7, 11) is 0. The summed E-state index contributed by atoms with van der Waals surface area (Å²) in [5, 5.41) is 0.737. The minimum absolute atomic E-state index is 0.0192. The van der Waals surface area contributed by atoms with Crippen LogP contribution in [0.3, 0.4) is 0 Å². The van der Waals surface area contributed by atoms with Crippen molar-refractivity contribution in [3.63, 3.8) is 0 Å². The molecule has 4 heteroatoms. The van der Waals surface area contributed by atoms with Crippen molar-refractivity contribution in [3.05, 3.63) is 70.1 Å². The maximum absolute atomic E-state index is 13.0. The number of amidine groups is 1. The molecule has 0 N–H and O–H groups in total. The van der Waals surface area contributed by atoms with Gasteiger partial charge in [0, 0.05) is 6.04 Å². The lowest BCUT2D eigenvalue weighted by molar-refractivity contribution is -0.123. The zero-order valence-electron chi connectivity index (χ0n) is 17.5. The molecule has 1 fully saturated rings. The predicted molar refractivity (Wildman–Crippen MR) is 121 cm³/mol. The van der Waals surface area contributed by atoms with Gasteiger partial charge in [0.25, 0.3) is 5.91 Å². The molecule has 0 spiro atoms. The first-order valence-corrected chi connectivity index (χ1v) is 10.5. The number of carbonyl (C=O) groups excluding carboxylic acids is 1. The van der Waals surface area contributed by atoms with Crippen LogP contribution in [0.15, 0.2) is 58.4 Å². The Morgan fingerprint density at radius 2 is 1.61 bits per heavy atom. The molecule has 0 aromatic heterocycles. The van der Waals surface area contributed by atoms with Crippen LogP contribution in [-0.2, 0) is 10.2 Å². The number of hydrogen-bond acceptors (Lipinski definition) is 3. The molecule has 0 radical (unpaired) electrons. The van der Waals surface area contributed by atoms with Crippen LogP contribution >= 0.6 is 11.8 Å². The molecular weight excluding hydrogens is 364 g/mol. The molecule has 1 heterocycles. The fourth-order valence-corrected chi connectivity index (χ4v) is 4.10. The second kappa shape index (κ2) is 7.96. The third-order valence-electron chi connectivity index (χ3n) is 4.69. The van der Waals surface area contributed by atoms with E-state index in [0.29, 0.717) is 4.91 Å². The predicted octanol–water partition coefficient (Wildman–Crippen LogP) is 6.30. The highest BCUT2D eigenvalue weighted by Gasteiger charge is 2.35. The number of carbonyl (C=O) groups is 1. The van der Waals surface area contributed by atoms with Crippen LogP contribution < -0.4 is 0 Å². The maximum Gasteiger partial charge on any atom is 0.266 e. The summed E-state index contributed by atoms with van der Waals surface area (Å²) >= 11 is 1.45. The van der Waals surface area contributed by atoms with Crippen LogP contribution in [-0.4, -0.2) is 22.0 Å². The summed E-state index contributed by atoms with van der Waals surface area (Å²) in [6, 6.07) is 16.5. The Labute approximate surface area is 172 Å².